The number of aromatic nitrogens is 4. The maximum absolute atomic E-state index is 6.00. The number of nitrogens with zero attached hydrogens (tertiary/aromatic N) is 3. The number of nitrogen functional groups attached to an aromatic ring is 1. The van der Waals surface area contributed by atoms with Crippen LogP contribution in [0.15, 0.2) is 30.3 Å². The van der Waals surface area contributed by atoms with Crippen molar-refractivity contribution < 1.29 is 0 Å². The Hall–Kier alpha value is -2.86. The van der Waals surface area contributed by atoms with Gasteiger partial charge in [0.15, 0.2) is 5.65 Å². The van der Waals surface area contributed by atoms with Crippen molar-refractivity contribution in [2.24, 2.45) is 0 Å². The van der Waals surface area contributed by atoms with Gasteiger partial charge < -0.3 is 20.6 Å². The molecule has 0 saturated carbocycles. The van der Waals surface area contributed by atoms with Gasteiger partial charge in [0.25, 0.3) is 0 Å². The summed E-state index contributed by atoms with van der Waals surface area (Å²) in [5.74, 6) is 1.31. The fourth-order valence-corrected chi connectivity index (χ4v) is 3.26. The van der Waals surface area contributed by atoms with Crippen molar-refractivity contribution in [3.05, 3.63) is 41.7 Å². The number of aryl methyl sites for hydroxylation is 1. The molecule has 0 radical (unpaired) electrons. The highest BCUT2D eigenvalue weighted by Crippen LogP contribution is 2.31. The zero-order valence-corrected chi connectivity index (χ0v) is 14.7. The summed E-state index contributed by atoms with van der Waals surface area (Å²) in [6, 6.07) is 10.5. The number of hydrogen-bond donors (Lipinski definition) is 3. The second-order valence-electron chi connectivity index (χ2n) is 6.73. The lowest BCUT2D eigenvalue weighted by atomic mass is 10.1. The highest BCUT2D eigenvalue weighted by atomic mass is 15.0. The first kappa shape index (κ1) is 15.7. The Balaban J connectivity index is 1.86. The summed E-state index contributed by atoms with van der Waals surface area (Å²) in [6.07, 6.45) is 1.01. The largest absolute Gasteiger partial charge is 0.384 e. The zero-order chi connectivity index (χ0) is 17.6. The molecule has 0 aliphatic heterocycles. The van der Waals surface area contributed by atoms with Gasteiger partial charge in [-0.1, -0.05) is 12.1 Å². The molecule has 3 aromatic heterocycles. The SMILES string of the molecule is Cc1nc2c(-c3cc4c(CCN(C)C)cccc4[nH]3)cc(N)nc2[nH]1. The molecular weight excluding hydrogens is 312 g/mol. The summed E-state index contributed by atoms with van der Waals surface area (Å²) in [5, 5.41) is 1.25. The topological polar surface area (TPSA) is 86.6 Å². The number of rotatable bonds is 4. The predicted molar refractivity (Wildman–Crippen MR) is 103 cm³/mol. The summed E-state index contributed by atoms with van der Waals surface area (Å²) >= 11 is 0. The van der Waals surface area contributed by atoms with Crippen molar-refractivity contribution in [1.82, 2.24) is 24.8 Å². The van der Waals surface area contributed by atoms with E-state index >= 15 is 0 Å². The van der Waals surface area contributed by atoms with Crippen LogP contribution >= 0.6 is 0 Å². The van der Waals surface area contributed by atoms with E-state index in [4.69, 9.17) is 5.73 Å². The zero-order valence-electron chi connectivity index (χ0n) is 14.7. The van der Waals surface area contributed by atoms with Crippen LogP contribution in [0.2, 0.25) is 0 Å². The molecule has 0 amide bonds. The van der Waals surface area contributed by atoms with Crippen LogP contribution in [-0.4, -0.2) is 45.5 Å². The monoisotopic (exact) mass is 334 g/mol. The lowest BCUT2D eigenvalue weighted by Gasteiger charge is -2.09. The molecule has 0 aliphatic carbocycles. The fraction of sp³-hybridized carbons (Fsp3) is 0.263. The van der Waals surface area contributed by atoms with Gasteiger partial charge in [-0.2, -0.15) is 0 Å². The second kappa shape index (κ2) is 5.89. The van der Waals surface area contributed by atoms with Gasteiger partial charge in [-0.3, -0.25) is 0 Å². The number of H-pyrrole nitrogens is 2. The fourth-order valence-electron chi connectivity index (χ4n) is 3.26. The first-order chi connectivity index (χ1) is 12.0. The Morgan fingerprint density at radius 2 is 1.96 bits per heavy atom. The van der Waals surface area contributed by atoms with E-state index in [1.807, 2.05) is 13.0 Å². The average Bonchev–Trinajstić information content (AvgIpc) is 3.14. The highest BCUT2D eigenvalue weighted by molar-refractivity contribution is 5.96. The number of hydrogen-bond acceptors (Lipinski definition) is 4. The van der Waals surface area contributed by atoms with Crippen molar-refractivity contribution in [3.8, 4) is 11.3 Å². The van der Waals surface area contributed by atoms with Crippen molar-refractivity contribution in [3.63, 3.8) is 0 Å². The normalized spacial score (nSPS) is 11.8. The molecule has 1 aromatic carbocycles. The molecule has 0 spiro atoms. The van der Waals surface area contributed by atoms with Gasteiger partial charge in [0, 0.05) is 28.7 Å². The lowest BCUT2D eigenvalue weighted by Crippen LogP contribution is -2.15. The first-order valence-electron chi connectivity index (χ1n) is 8.40. The average molecular weight is 334 g/mol. The van der Waals surface area contributed by atoms with Crippen LogP contribution in [0.5, 0.6) is 0 Å². The molecule has 0 atom stereocenters. The Morgan fingerprint density at radius 1 is 1.12 bits per heavy atom. The molecule has 0 saturated heterocycles. The molecule has 4 rings (SSSR count). The van der Waals surface area contributed by atoms with E-state index in [0.29, 0.717) is 5.82 Å². The van der Waals surface area contributed by atoms with E-state index in [-0.39, 0.29) is 0 Å². The Morgan fingerprint density at radius 3 is 2.76 bits per heavy atom. The van der Waals surface area contributed by atoms with Crippen molar-refractivity contribution in [2.45, 2.75) is 13.3 Å². The van der Waals surface area contributed by atoms with Crippen molar-refractivity contribution in [2.75, 3.05) is 26.4 Å². The van der Waals surface area contributed by atoms with Gasteiger partial charge in [0.1, 0.15) is 17.2 Å². The quantitative estimate of drug-likeness (QED) is 0.535. The smallest absolute Gasteiger partial charge is 0.160 e. The maximum atomic E-state index is 6.00. The summed E-state index contributed by atoms with van der Waals surface area (Å²) in [7, 11) is 4.19. The molecule has 0 aliphatic rings. The number of imidazole rings is 1. The van der Waals surface area contributed by atoms with Crippen LogP contribution in [0.1, 0.15) is 11.4 Å². The number of benzene rings is 1. The molecule has 4 aromatic rings. The Labute approximate surface area is 146 Å². The van der Waals surface area contributed by atoms with E-state index in [1.165, 1.54) is 10.9 Å². The standard InChI is InChI=1S/C19H22N6/c1-11-21-18-14(10-17(20)24-19(18)22-11)16-9-13-12(7-8-25(2)3)5-4-6-15(13)23-16/h4-6,9-10,23H,7-8H2,1-3H3,(H3,20,21,22,24). The van der Waals surface area contributed by atoms with Crippen LogP contribution in [0.3, 0.4) is 0 Å². The number of nitrogens with one attached hydrogen (secondary N) is 2. The van der Waals surface area contributed by atoms with Crippen LogP contribution in [0, 0.1) is 6.92 Å². The van der Waals surface area contributed by atoms with Gasteiger partial charge >= 0.3 is 0 Å². The van der Waals surface area contributed by atoms with Crippen LogP contribution in [-0.2, 0) is 6.42 Å². The van der Waals surface area contributed by atoms with Crippen molar-refractivity contribution >= 4 is 27.9 Å². The number of fused-ring (bicyclic) bond motifs is 2. The molecule has 6 heteroatoms. The number of nitrogens with two attached hydrogens (primary N) is 1. The lowest BCUT2D eigenvalue weighted by molar-refractivity contribution is 0.414. The summed E-state index contributed by atoms with van der Waals surface area (Å²) in [4.78, 5) is 17.8. The number of anilines is 1. The van der Waals surface area contributed by atoms with Gasteiger partial charge in [0.05, 0.1) is 0 Å². The first-order valence-corrected chi connectivity index (χ1v) is 8.40. The van der Waals surface area contributed by atoms with Crippen LogP contribution in [0.4, 0.5) is 5.82 Å². The number of aromatic amines is 2. The Bertz CT molecular complexity index is 1060. The molecule has 25 heavy (non-hydrogen) atoms. The highest BCUT2D eigenvalue weighted by Gasteiger charge is 2.14. The molecule has 0 unspecified atom stereocenters. The molecule has 6 nitrogen and oxygen atoms in total. The maximum Gasteiger partial charge on any atom is 0.160 e. The minimum absolute atomic E-state index is 0.484. The van der Waals surface area contributed by atoms with E-state index in [1.54, 1.807) is 0 Å². The molecule has 3 heterocycles. The van der Waals surface area contributed by atoms with E-state index in [9.17, 15) is 0 Å². The minimum Gasteiger partial charge on any atom is -0.384 e. The van der Waals surface area contributed by atoms with Crippen LogP contribution in [0.25, 0.3) is 33.3 Å². The summed E-state index contributed by atoms with van der Waals surface area (Å²) in [5.41, 5.74) is 12.0. The van der Waals surface area contributed by atoms with Crippen LogP contribution < -0.4 is 5.73 Å². The van der Waals surface area contributed by atoms with E-state index in [0.717, 1.165) is 46.7 Å². The molecule has 4 N–H and O–H groups in total. The predicted octanol–water partition coefficient (Wildman–Crippen LogP) is 3.10. The molecule has 128 valence electrons. The van der Waals surface area contributed by atoms with E-state index in [2.05, 4.69) is 63.2 Å². The van der Waals surface area contributed by atoms with Gasteiger partial charge in [-0.15, -0.1) is 0 Å². The van der Waals surface area contributed by atoms with Gasteiger partial charge in [-0.25, -0.2) is 9.97 Å². The molecular formula is C19H22N6. The number of likely N-dealkylation sites (N-methyl/N-ethyl adjacent to an activating group) is 1. The third-order valence-electron chi connectivity index (χ3n) is 4.46. The van der Waals surface area contributed by atoms with Crippen molar-refractivity contribution in [1.29, 1.82) is 0 Å². The Kier molecular flexibility index (Phi) is 3.69. The summed E-state index contributed by atoms with van der Waals surface area (Å²) in [6.45, 7) is 2.94. The molecule has 0 fully saturated rings. The third-order valence-corrected chi connectivity index (χ3v) is 4.46. The number of pyridine rings is 1. The van der Waals surface area contributed by atoms with Gasteiger partial charge in [0.2, 0.25) is 0 Å². The van der Waals surface area contributed by atoms with Gasteiger partial charge in [-0.05, 0) is 51.2 Å². The minimum atomic E-state index is 0.484. The van der Waals surface area contributed by atoms with E-state index < -0.39 is 0 Å². The third kappa shape index (κ3) is 2.85. The second-order valence-corrected chi connectivity index (χ2v) is 6.73. The summed E-state index contributed by atoms with van der Waals surface area (Å²) < 4.78 is 0. The molecule has 0 bridgehead atoms.